The molecular formula is C22H19N5O4. The Morgan fingerprint density at radius 1 is 1.03 bits per heavy atom. The number of fused-ring (bicyclic) bond motifs is 2. The zero-order valence-corrected chi connectivity index (χ0v) is 16.5. The van der Waals surface area contributed by atoms with Crippen LogP contribution in [-0.4, -0.2) is 42.7 Å². The van der Waals surface area contributed by atoms with Gasteiger partial charge < -0.3 is 9.84 Å². The van der Waals surface area contributed by atoms with Crippen molar-refractivity contribution in [3.63, 3.8) is 0 Å². The van der Waals surface area contributed by atoms with Crippen molar-refractivity contribution in [2.24, 2.45) is 0 Å². The Labute approximate surface area is 177 Å². The fraction of sp³-hybridized carbons (Fsp3) is 0.273. The summed E-state index contributed by atoms with van der Waals surface area (Å²) in [5, 5.41) is 21.5. The molecule has 5 rings (SSSR count). The Morgan fingerprint density at radius 3 is 2.52 bits per heavy atom. The maximum atomic E-state index is 12.8. The fourth-order valence-electron chi connectivity index (χ4n) is 4.18. The number of amides is 1. The lowest BCUT2D eigenvalue weighted by atomic mass is 9.73. The first-order chi connectivity index (χ1) is 15.0. The quantitative estimate of drug-likeness (QED) is 0.621. The molecule has 1 aromatic carbocycles. The van der Waals surface area contributed by atoms with Crippen molar-refractivity contribution in [3.8, 4) is 11.3 Å². The normalized spacial score (nSPS) is 24.5. The number of hydrogen-bond donors (Lipinski definition) is 2. The van der Waals surface area contributed by atoms with Gasteiger partial charge in [0.05, 0.1) is 11.8 Å². The lowest BCUT2D eigenvalue weighted by Crippen LogP contribution is -2.49. The molecule has 31 heavy (non-hydrogen) atoms. The lowest BCUT2D eigenvalue weighted by Gasteiger charge is -2.40. The molecule has 1 aliphatic carbocycles. The number of hydrogen-bond acceptors (Lipinski definition) is 8. The van der Waals surface area contributed by atoms with Crippen LogP contribution >= 0.6 is 0 Å². The number of carbonyl (C=O) groups excluding carboxylic acids is 2. The smallest absolute Gasteiger partial charge is 0.339 e. The first kappa shape index (κ1) is 19.3. The number of aliphatic hydroxyl groups is 1. The van der Waals surface area contributed by atoms with Gasteiger partial charge in [-0.2, -0.15) is 0 Å². The Balaban J connectivity index is 1.28. The molecule has 0 atom stereocenters. The topological polar surface area (TPSA) is 127 Å². The van der Waals surface area contributed by atoms with Crippen LogP contribution in [-0.2, 0) is 15.1 Å². The van der Waals surface area contributed by atoms with Crippen LogP contribution in [0.3, 0.4) is 0 Å². The summed E-state index contributed by atoms with van der Waals surface area (Å²) in [4.78, 5) is 33.2. The second-order valence-corrected chi connectivity index (χ2v) is 7.82. The molecule has 2 aromatic heterocycles. The van der Waals surface area contributed by atoms with E-state index in [2.05, 4.69) is 25.5 Å². The average Bonchev–Trinajstić information content (AvgIpc) is 3.09. The van der Waals surface area contributed by atoms with E-state index in [1.807, 2.05) is 30.3 Å². The van der Waals surface area contributed by atoms with Gasteiger partial charge in [0.1, 0.15) is 16.9 Å². The van der Waals surface area contributed by atoms with Crippen LogP contribution in [0.2, 0.25) is 0 Å². The number of carbonyl (C=O) groups is 2. The maximum Gasteiger partial charge on any atom is 0.339 e. The highest BCUT2D eigenvalue weighted by atomic mass is 16.6. The molecule has 1 aliphatic heterocycles. The SMILES string of the molecule is O=C1O[C@]2(CC[C@](O)(C(=O)Nc3ncc(-c4ccccc4)nn3)CC2)c2cnccc21. The highest BCUT2D eigenvalue weighted by molar-refractivity contribution is 5.96. The Morgan fingerprint density at radius 2 is 1.81 bits per heavy atom. The Bertz CT molecular complexity index is 1140. The van der Waals surface area contributed by atoms with Gasteiger partial charge in [-0.15, -0.1) is 10.2 Å². The monoisotopic (exact) mass is 417 g/mol. The van der Waals surface area contributed by atoms with E-state index in [1.54, 1.807) is 18.5 Å². The number of rotatable bonds is 3. The van der Waals surface area contributed by atoms with Crippen LogP contribution in [0.25, 0.3) is 11.3 Å². The Hall–Kier alpha value is -3.72. The molecule has 2 aliphatic rings. The van der Waals surface area contributed by atoms with Crippen molar-refractivity contribution in [2.45, 2.75) is 36.9 Å². The number of nitrogens with zero attached hydrogens (tertiary/aromatic N) is 4. The first-order valence-electron chi connectivity index (χ1n) is 9.96. The minimum Gasteiger partial charge on any atom is -0.450 e. The minimum atomic E-state index is -1.62. The average molecular weight is 417 g/mol. The second-order valence-electron chi connectivity index (χ2n) is 7.82. The summed E-state index contributed by atoms with van der Waals surface area (Å²) in [6.45, 7) is 0. The van der Waals surface area contributed by atoms with Crippen molar-refractivity contribution in [1.29, 1.82) is 0 Å². The largest absolute Gasteiger partial charge is 0.450 e. The van der Waals surface area contributed by atoms with Crippen LogP contribution in [0.4, 0.5) is 5.95 Å². The molecule has 0 radical (unpaired) electrons. The van der Waals surface area contributed by atoms with E-state index in [-0.39, 0.29) is 18.8 Å². The molecule has 9 nitrogen and oxygen atoms in total. The molecule has 0 unspecified atom stereocenters. The van der Waals surface area contributed by atoms with Crippen LogP contribution in [0.1, 0.15) is 41.6 Å². The zero-order chi connectivity index (χ0) is 21.5. The third-order valence-electron chi connectivity index (χ3n) is 5.98. The summed E-state index contributed by atoms with van der Waals surface area (Å²) < 4.78 is 5.65. The fourth-order valence-corrected chi connectivity index (χ4v) is 4.18. The number of ether oxygens (including phenoxy) is 1. The summed E-state index contributed by atoms with van der Waals surface area (Å²) in [6, 6.07) is 11.1. The number of esters is 1. The number of benzene rings is 1. The van der Waals surface area contributed by atoms with Crippen molar-refractivity contribution in [2.75, 3.05) is 5.32 Å². The molecule has 1 saturated carbocycles. The molecule has 1 amide bonds. The second kappa shape index (κ2) is 7.21. The highest BCUT2D eigenvalue weighted by Crippen LogP contribution is 2.48. The predicted molar refractivity (Wildman–Crippen MR) is 109 cm³/mol. The zero-order valence-electron chi connectivity index (χ0n) is 16.5. The Kier molecular flexibility index (Phi) is 4.48. The molecule has 3 aromatic rings. The number of anilines is 1. The summed E-state index contributed by atoms with van der Waals surface area (Å²) in [6.07, 6.45) is 5.55. The number of nitrogens with one attached hydrogen (secondary N) is 1. The van der Waals surface area contributed by atoms with E-state index >= 15 is 0 Å². The summed E-state index contributed by atoms with van der Waals surface area (Å²) in [5.41, 5.74) is 0.172. The third-order valence-corrected chi connectivity index (χ3v) is 5.98. The van der Waals surface area contributed by atoms with Gasteiger partial charge in [-0.25, -0.2) is 9.78 Å². The van der Waals surface area contributed by atoms with Crippen LogP contribution in [0, 0.1) is 0 Å². The van der Waals surface area contributed by atoms with Crippen molar-refractivity contribution >= 4 is 17.8 Å². The van der Waals surface area contributed by atoms with E-state index < -0.39 is 23.1 Å². The van der Waals surface area contributed by atoms with Crippen molar-refractivity contribution in [1.82, 2.24) is 20.2 Å². The van der Waals surface area contributed by atoms with E-state index in [4.69, 9.17) is 4.74 Å². The molecule has 0 bridgehead atoms. The van der Waals surface area contributed by atoms with Gasteiger partial charge in [0.2, 0.25) is 5.95 Å². The molecule has 2 N–H and O–H groups in total. The summed E-state index contributed by atoms with van der Waals surface area (Å²) >= 11 is 0. The van der Waals surface area contributed by atoms with Gasteiger partial charge in [0.15, 0.2) is 0 Å². The standard InChI is InChI=1S/C22H19N5O4/c28-18-15-6-11-23-12-16(15)22(31-18)9-7-21(30,8-10-22)19(29)25-20-24-13-17(26-27-20)14-4-2-1-3-5-14/h1-6,11-13,30H,7-10H2,(H,24,25,27,29)/t21-,22+. The minimum absolute atomic E-state index is 0.0141. The van der Waals surface area contributed by atoms with Crippen LogP contribution in [0.5, 0.6) is 0 Å². The highest BCUT2D eigenvalue weighted by Gasteiger charge is 2.53. The summed E-state index contributed by atoms with van der Waals surface area (Å²) in [5.74, 6) is -0.988. The van der Waals surface area contributed by atoms with E-state index in [0.717, 1.165) is 5.56 Å². The predicted octanol–water partition coefficient (Wildman–Crippen LogP) is 2.24. The lowest BCUT2D eigenvalue weighted by molar-refractivity contribution is -0.144. The van der Waals surface area contributed by atoms with Crippen molar-refractivity contribution < 1.29 is 19.4 Å². The van der Waals surface area contributed by atoms with Crippen molar-refractivity contribution in [3.05, 3.63) is 66.1 Å². The maximum absolute atomic E-state index is 12.8. The molecule has 1 spiro atoms. The first-order valence-corrected chi connectivity index (χ1v) is 9.96. The van der Waals surface area contributed by atoms with E-state index in [1.165, 1.54) is 6.20 Å². The molecule has 1 fully saturated rings. The van der Waals surface area contributed by atoms with Gasteiger partial charge in [0, 0.05) is 23.5 Å². The van der Waals surface area contributed by atoms with Gasteiger partial charge in [0.25, 0.3) is 5.91 Å². The van der Waals surface area contributed by atoms with Gasteiger partial charge in [-0.05, 0) is 31.7 Å². The summed E-state index contributed by atoms with van der Waals surface area (Å²) in [7, 11) is 0. The molecular weight excluding hydrogens is 398 g/mol. The molecule has 3 heterocycles. The third kappa shape index (κ3) is 3.32. The van der Waals surface area contributed by atoms with Crippen LogP contribution in [0.15, 0.2) is 55.0 Å². The van der Waals surface area contributed by atoms with Gasteiger partial charge >= 0.3 is 5.97 Å². The van der Waals surface area contributed by atoms with Crippen LogP contribution < -0.4 is 5.32 Å². The molecule has 0 saturated heterocycles. The van der Waals surface area contributed by atoms with Gasteiger partial charge in [-0.3, -0.25) is 15.1 Å². The van der Waals surface area contributed by atoms with E-state index in [9.17, 15) is 14.7 Å². The molecule has 156 valence electrons. The number of aromatic nitrogens is 4. The van der Waals surface area contributed by atoms with E-state index in [0.29, 0.717) is 29.7 Å². The van der Waals surface area contributed by atoms with Gasteiger partial charge in [-0.1, -0.05) is 30.3 Å². The number of pyridine rings is 1. The molecule has 9 heteroatoms.